The van der Waals surface area contributed by atoms with E-state index in [-0.39, 0.29) is 26.1 Å². The van der Waals surface area contributed by atoms with Crippen molar-refractivity contribution < 1.29 is 42.1 Å². The summed E-state index contributed by atoms with van der Waals surface area (Å²) in [6.07, 6.45) is 61.1. The molecule has 0 saturated carbocycles. The van der Waals surface area contributed by atoms with E-state index in [2.05, 4.69) is 123 Å². The monoisotopic (exact) mass is 912 g/mol. The van der Waals surface area contributed by atoms with Crippen LogP contribution in [0.15, 0.2) is 109 Å². The van der Waals surface area contributed by atoms with Crippen molar-refractivity contribution in [2.24, 2.45) is 0 Å². The maximum absolute atomic E-state index is 12.7. The highest BCUT2D eigenvalue weighted by Gasteiger charge is 2.21. The first-order chi connectivity index (χ1) is 31.0. The van der Waals surface area contributed by atoms with Crippen LogP contribution in [-0.2, 0) is 32.7 Å². The van der Waals surface area contributed by atoms with Crippen molar-refractivity contribution in [3.05, 3.63) is 109 Å². The van der Waals surface area contributed by atoms with E-state index in [4.69, 9.17) is 18.5 Å². The number of esters is 2. The van der Waals surface area contributed by atoms with Crippen LogP contribution < -0.4 is 4.89 Å². The van der Waals surface area contributed by atoms with Crippen LogP contribution in [0, 0.1) is 0 Å². The number of rotatable bonds is 43. The fourth-order valence-electron chi connectivity index (χ4n) is 6.02. The summed E-state index contributed by atoms with van der Waals surface area (Å²) in [6.45, 7) is 3.94. The van der Waals surface area contributed by atoms with Crippen LogP contribution >= 0.6 is 7.82 Å². The molecule has 0 aromatic carbocycles. The second-order valence-electron chi connectivity index (χ2n) is 17.1. The minimum absolute atomic E-state index is 0.0447. The Balaban J connectivity index is 4.39. The third-order valence-electron chi connectivity index (χ3n) is 9.79. The first-order valence-corrected chi connectivity index (χ1v) is 26.1. The third-order valence-corrected chi connectivity index (χ3v) is 10.8. The van der Waals surface area contributed by atoms with Crippen molar-refractivity contribution in [3.8, 4) is 0 Å². The number of carbonyl (C=O) groups is 2. The molecule has 0 rings (SSSR count). The normalized spacial score (nSPS) is 14.4. The lowest BCUT2D eigenvalue weighted by Crippen LogP contribution is -2.37. The molecule has 0 fully saturated rings. The van der Waals surface area contributed by atoms with Crippen LogP contribution in [0.5, 0.6) is 0 Å². The largest absolute Gasteiger partial charge is 0.756 e. The van der Waals surface area contributed by atoms with Gasteiger partial charge in [-0.05, 0) is 96.3 Å². The topological polar surface area (TPSA) is 111 Å². The van der Waals surface area contributed by atoms with E-state index in [1.165, 1.54) is 19.3 Å². The van der Waals surface area contributed by atoms with Gasteiger partial charge in [0, 0.05) is 12.8 Å². The van der Waals surface area contributed by atoms with Gasteiger partial charge in [-0.15, -0.1) is 0 Å². The number of quaternary nitrogens is 1. The molecule has 2 unspecified atom stereocenters. The number of hydrogen-bond acceptors (Lipinski definition) is 8. The van der Waals surface area contributed by atoms with Gasteiger partial charge in [-0.1, -0.05) is 168 Å². The van der Waals surface area contributed by atoms with Gasteiger partial charge in [0.25, 0.3) is 7.82 Å². The second-order valence-corrected chi connectivity index (χ2v) is 18.5. The number of phosphoric ester groups is 1. The minimum atomic E-state index is -4.65. The van der Waals surface area contributed by atoms with Gasteiger partial charge in [0.15, 0.2) is 6.10 Å². The van der Waals surface area contributed by atoms with E-state index in [1.54, 1.807) is 0 Å². The average Bonchev–Trinajstić information content (AvgIpc) is 3.25. The fraction of sp³-hybridized carbons (Fsp3) is 0.630. The van der Waals surface area contributed by atoms with E-state index in [1.807, 2.05) is 21.1 Å². The fourth-order valence-corrected chi connectivity index (χ4v) is 6.75. The molecule has 0 radical (unpaired) electrons. The van der Waals surface area contributed by atoms with Gasteiger partial charge in [0.1, 0.15) is 19.8 Å². The summed E-state index contributed by atoms with van der Waals surface area (Å²) in [5.74, 6) is -0.885. The summed E-state index contributed by atoms with van der Waals surface area (Å²) in [5, 5.41) is 0. The van der Waals surface area contributed by atoms with Crippen LogP contribution in [0.3, 0.4) is 0 Å². The van der Waals surface area contributed by atoms with Crippen LogP contribution in [-0.4, -0.2) is 70.0 Å². The maximum Gasteiger partial charge on any atom is 0.306 e. The molecule has 0 bridgehead atoms. The Kier molecular flexibility index (Phi) is 42.5. The summed E-state index contributed by atoms with van der Waals surface area (Å²) in [5.41, 5.74) is 0. The molecule has 0 saturated heterocycles. The molecule has 10 heteroatoms. The predicted molar refractivity (Wildman–Crippen MR) is 268 cm³/mol. The highest BCUT2D eigenvalue weighted by Crippen LogP contribution is 2.38. The number of carbonyl (C=O) groups excluding carboxylic acids is 2. The lowest BCUT2D eigenvalue weighted by Gasteiger charge is -2.28. The first kappa shape index (κ1) is 60.7. The van der Waals surface area contributed by atoms with E-state index < -0.39 is 32.5 Å². The van der Waals surface area contributed by atoms with Crippen molar-refractivity contribution in [1.29, 1.82) is 0 Å². The van der Waals surface area contributed by atoms with Crippen LogP contribution in [0.4, 0.5) is 0 Å². The van der Waals surface area contributed by atoms with Gasteiger partial charge >= 0.3 is 11.9 Å². The third kappa shape index (κ3) is 48.1. The Morgan fingerprint density at radius 2 is 0.844 bits per heavy atom. The number of likely N-dealkylation sites (N-methyl/N-ethyl adjacent to an activating group) is 1. The highest BCUT2D eigenvalue weighted by molar-refractivity contribution is 7.45. The maximum atomic E-state index is 12.7. The zero-order valence-corrected chi connectivity index (χ0v) is 41.8. The summed E-state index contributed by atoms with van der Waals surface area (Å²) in [7, 11) is 1.12. The standard InChI is InChI=1S/C54H90NO8P/c1-6-8-10-12-14-16-18-20-22-24-25-26-27-28-29-31-33-35-37-39-41-43-45-47-54(57)63-52(51-62-64(58,59)61-49-48-55(3,4)5)50-60-53(56)46-44-42-40-38-36-34-32-30-23-21-19-17-15-13-11-9-7-2/h8-11,14-17,20-23,25-26,28-29,33,35,52H,6-7,12-13,18-19,24,27,30-32,34,36-51H2,1-5H3/b10-8-,11-9-,16-14-,17-15-,22-20-,23-21-,26-25-,29-28-,35-33-. The Morgan fingerprint density at radius 1 is 0.484 bits per heavy atom. The molecule has 0 spiro atoms. The van der Waals surface area contributed by atoms with Gasteiger partial charge < -0.3 is 27.9 Å². The molecule has 0 aliphatic carbocycles. The molecule has 2 atom stereocenters. The molecule has 0 aliphatic rings. The van der Waals surface area contributed by atoms with Gasteiger partial charge in [-0.2, -0.15) is 0 Å². The molecular formula is C54H90NO8P. The number of nitrogens with zero attached hydrogens (tertiary/aromatic N) is 1. The second kappa shape index (κ2) is 44.9. The summed E-state index contributed by atoms with van der Waals surface area (Å²) >= 11 is 0. The van der Waals surface area contributed by atoms with E-state index >= 15 is 0 Å². The van der Waals surface area contributed by atoms with E-state index in [0.29, 0.717) is 23.9 Å². The summed E-state index contributed by atoms with van der Waals surface area (Å²) < 4.78 is 34.0. The van der Waals surface area contributed by atoms with Gasteiger partial charge in [-0.25, -0.2) is 0 Å². The lowest BCUT2D eigenvalue weighted by molar-refractivity contribution is -0.870. The Morgan fingerprint density at radius 3 is 1.25 bits per heavy atom. The number of unbranched alkanes of at least 4 members (excludes halogenated alkanes) is 11. The van der Waals surface area contributed by atoms with E-state index in [9.17, 15) is 19.0 Å². The average molecular weight is 912 g/mol. The van der Waals surface area contributed by atoms with Gasteiger partial charge in [-0.3, -0.25) is 14.2 Å². The quantitative estimate of drug-likeness (QED) is 0.0195. The molecule has 0 heterocycles. The number of allylic oxidation sites excluding steroid dienone is 18. The number of phosphoric acid groups is 1. The molecule has 9 nitrogen and oxygen atoms in total. The van der Waals surface area contributed by atoms with Crippen molar-refractivity contribution in [2.45, 2.75) is 174 Å². The predicted octanol–water partition coefficient (Wildman–Crippen LogP) is 14.1. The molecule has 0 aromatic rings. The molecular weight excluding hydrogens is 822 g/mol. The molecule has 0 amide bonds. The summed E-state index contributed by atoms with van der Waals surface area (Å²) in [4.78, 5) is 37.7. The molecule has 0 N–H and O–H groups in total. The Bertz CT molecular complexity index is 1450. The zero-order chi connectivity index (χ0) is 47.1. The van der Waals surface area contributed by atoms with Crippen molar-refractivity contribution >= 4 is 19.8 Å². The van der Waals surface area contributed by atoms with Gasteiger partial charge in [0.05, 0.1) is 27.7 Å². The zero-order valence-electron chi connectivity index (χ0n) is 40.9. The van der Waals surface area contributed by atoms with E-state index in [0.717, 1.165) is 109 Å². The summed E-state index contributed by atoms with van der Waals surface area (Å²) in [6, 6.07) is 0. The number of ether oxygens (including phenoxy) is 2. The van der Waals surface area contributed by atoms with Crippen molar-refractivity contribution in [2.75, 3.05) is 47.5 Å². The van der Waals surface area contributed by atoms with Crippen LogP contribution in [0.2, 0.25) is 0 Å². The van der Waals surface area contributed by atoms with Gasteiger partial charge in [0.2, 0.25) is 0 Å². The molecule has 64 heavy (non-hydrogen) atoms. The Labute approximate surface area is 391 Å². The minimum Gasteiger partial charge on any atom is -0.756 e. The molecule has 364 valence electrons. The number of hydrogen-bond donors (Lipinski definition) is 0. The SMILES string of the molecule is CC/C=C\C/C=C\C/C=C\C/C=C\C/C=C\C/C=C\CCCCCCC(=O)OC(COC(=O)CCCCCCCCC/C=C\C/C=C\C/C=C\CC)COP(=O)([O-])OCC[N+](C)(C)C. The lowest BCUT2D eigenvalue weighted by atomic mass is 10.1. The molecule has 0 aromatic heterocycles. The van der Waals surface area contributed by atoms with Crippen LogP contribution in [0.1, 0.15) is 168 Å². The highest BCUT2D eigenvalue weighted by atomic mass is 31.2. The van der Waals surface area contributed by atoms with Crippen molar-refractivity contribution in [3.63, 3.8) is 0 Å². The molecule has 0 aliphatic heterocycles. The Hall–Kier alpha value is -3.33. The smallest absolute Gasteiger partial charge is 0.306 e. The van der Waals surface area contributed by atoms with Crippen LogP contribution in [0.25, 0.3) is 0 Å². The first-order valence-electron chi connectivity index (χ1n) is 24.6. The van der Waals surface area contributed by atoms with Crippen molar-refractivity contribution in [1.82, 2.24) is 0 Å².